The molecule has 190 valence electrons. The molecule has 0 radical (unpaired) electrons. The van der Waals surface area contributed by atoms with Crippen molar-refractivity contribution in [3.63, 3.8) is 0 Å². The minimum atomic E-state index is -0.712. The van der Waals surface area contributed by atoms with Gasteiger partial charge in [-0.1, -0.05) is 107 Å². The Hall–Kier alpha value is -2.55. The normalized spacial score (nSPS) is 23.8. The minimum absolute atomic E-state index is 0.228. The molecule has 4 rings (SSSR count). The molecule has 0 aliphatic carbocycles. The van der Waals surface area contributed by atoms with Crippen molar-refractivity contribution >= 4 is 21.9 Å². The lowest BCUT2D eigenvalue weighted by Gasteiger charge is -2.44. The predicted molar refractivity (Wildman–Crippen MR) is 139 cm³/mol. The third kappa shape index (κ3) is 7.72. The van der Waals surface area contributed by atoms with Crippen LogP contribution in [0, 0.1) is 0 Å². The lowest BCUT2D eigenvalue weighted by molar-refractivity contribution is -0.246. The first-order valence-electron chi connectivity index (χ1n) is 12.0. The summed E-state index contributed by atoms with van der Waals surface area (Å²) in [5.74, 6) is -0.417. The molecule has 0 aromatic heterocycles. The highest BCUT2D eigenvalue weighted by Gasteiger charge is 2.48. The summed E-state index contributed by atoms with van der Waals surface area (Å²) in [4.78, 5) is 12.1. The van der Waals surface area contributed by atoms with E-state index < -0.39 is 35.4 Å². The molecule has 7 heteroatoms. The molecule has 0 amide bonds. The van der Waals surface area contributed by atoms with Crippen molar-refractivity contribution in [1.82, 2.24) is 0 Å². The lowest BCUT2D eigenvalue weighted by Crippen LogP contribution is -2.60. The number of carbonyl (C=O) groups excluding carboxylic acids is 1. The Labute approximate surface area is 220 Å². The van der Waals surface area contributed by atoms with Gasteiger partial charge in [0.15, 0.2) is 6.10 Å². The summed E-state index contributed by atoms with van der Waals surface area (Å²) < 4.78 is 30.6. The first-order valence-corrected chi connectivity index (χ1v) is 12.9. The summed E-state index contributed by atoms with van der Waals surface area (Å²) in [6.45, 7) is 2.74. The van der Waals surface area contributed by atoms with Gasteiger partial charge in [-0.05, 0) is 16.7 Å². The third-order valence-corrected chi connectivity index (χ3v) is 6.58. The number of carbonyl (C=O) groups is 1. The number of hydrogen-bond acceptors (Lipinski definition) is 6. The Morgan fingerprint density at radius 2 is 1.19 bits per heavy atom. The molecule has 1 aliphatic heterocycles. The molecule has 0 bridgehead atoms. The van der Waals surface area contributed by atoms with Crippen molar-refractivity contribution in [3.8, 4) is 0 Å². The average molecular weight is 555 g/mol. The fourth-order valence-corrected chi connectivity index (χ4v) is 4.83. The Morgan fingerprint density at radius 3 is 1.69 bits per heavy atom. The number of esters is 1. The van der Waals surface area contributed by atoms with Crippen molar-refractivity contribution in [1.29, 1.82) is 0 Å². The highest BCUT2D eigenvalue weighted by atomic mass is 79.9. The van der Waals surface area contributed by atoms with Crippen LogP contribution in [0.15, 0.2) is 91.0 Å². The summed E-state index contributed by atoms with van der Waals surface area (Å²) >= 11 is 3.64. The number of ether oxygens (including phenoxy) is 5. The Balaban J connectivity index is 1.51. The summed E-state index contributed by atoms with van der Waals surface area (Å²) in [7, 11) is 0. The smallest absolute Gasteiger partial charge is 0.303 e. The van der Waals surface area contributed by atoms with Crippen molar-refractivity contribution in [3.05, 3.63) is 108 Å². The molecule has 6 nitrogen and oxygen atoms in total. The van der Waals surface area contributed by atoms with Gasteiger partial charge >= 0.3 is 5.97 Å². The number of benzene rings is 3. The second-order valence-corrected chi connectivity index (χ2v) is 9.53. The Bertz CT molecular complexity index is 1050. The number of hydrogen-bond donors (Lipinski definition) is 0. The number of halogens is 1. The summed E-state index contributed by atoms with van der Waals surface area (Å²) in [5, 5.41) is -0.487. The van der Waals surface area contributed by atoms with Crippen LogP contribution in [0.4, 0.5) is 0 Å². The molecule has 1 saturated heterocycles. The van der Waals surface area contributed by atoms with Crippen LogP contribution in [-0.2, 0) is 48.3 Å². The molecule has 1 heterocycles. The van der Waals surface area contributed by atoms with E-state index in [1.165, 1.54) is 6.92 Å². The monoisotopic (exact) mass is 554 g/mol. The van der Waals surface area contributed by atoms with Gasteiger partial charge in [-0.25, -0.2) is 0 Å². The maximum absolute atomic E-state index is 12.1. The van der Waals surface area contributed by atoms with E-state index >= 15 is 0 Å². The molecule has 1 fully saturated rings. The van der Waals surface area contributed by atoms with Crippen molar-refractivity contribution < 1.29 is 28.5 Å². The maximum atomic E-state index is 12.1. The van der Waals surface area contributed by atoms with E-state index in [0.29, 0.717) is 19.8 Å². The van der Waals surface area contributed by atoms with Gasteiger partial charge in [-0.2, -0.15) is 0 Å². The molecule has 1 aliphatic rings. The largest absolute Gasteiger partial charge is 0.457 e. The highest BCUT2D eigenvalue weighted by Crippen LogP contribution is 2.32. The van der Waals surface area contributed by atoms with Gasteiger partial charge in [-0.15, -0.1) is 0 Å². The van der Waals surface area contributed by atoms with E-state index in [1.807, 2.05) is 91.0 Å². The predicted octanol–water partition coefficient (Wildman–Crippen LogP) is 5.43. The fraction of sp³-hybridized carbons (Fsp3) is 0.345. The van der Waals surface area contributed by atoms with Gasteiger partial charge in [0.05, 0.1) is 26.4 Å². The zero-order valence-electron chi connectivity index (χ0n) is 20.2. The van der Waals surface area contributed by atoms with Gasteiger partial charge in [0, 0.05) is 6.92 Å². The van der Waals surface area contributed by atoms with Crippen LogP contribution in [0.25, 0.3) is 0 Å². The van der Waals surface area contributed by atoms with Crippen LogP contribution in [0.1, 0.15) is 23.6 Å². The van der Waals surface area contributed by atoms with Gasteiger partial charge in [-0.3, -0.25) is 4.79 Å². The minimum Gasteiger partial charge on any atom is -0.457 e. The number of rotatable bonds is 11. The van der Waals surface area contributed by atoms with Crippen LogP contribution in [-0.4, -0.2) is 42.0 Å². The van der Waals surface area contributed by atoms with Crippen LogP contribution in [0.5, 0.6) is 0 Å². The molecule has 3 aromatic carbocycles. The Morgan fingerprint density at radius 1 is 0.722 bits per heavy atom. The first-order chi connectivity index (χ1) is 17.6. The van der Waals surface area contributed by atoms with Gasteiger partial charge in [0.1, 0.15) is 23.3 Å². The Kier molecular flexibility index (Phi) is 10.1. The standard InChI is InChI=1S/C29H31BrO6/c1-21(31)35-26-25(20-32-17-22-11-5-2-6-12-22)36-29(30)28(34-19-24-15-9-4-10-16-24)27(26)33-18-23-13-7-3-8-14-23/h2-16,25-29H,17-20H2,1H3/t25-,26-,27+,28+,29+/m1/s1. The van der Waals surface area contributed by atoms with E-state index in [-0.39, 0.29) is 6.61 Å². The topological polar surface area (TPSA) is 63.2 Å². The maximum Gasteiger partial charge on any atom is 0.303 e. The van der Waals surface area contributed by atoms with E-state index in [1.54, 1.807) is 0 Å². The van der Waals surface area contributed by atoms with Gasteiger partial charge in [0.2, 0.25) is 0 Å². The van der Waals surface area contributed by atoms with E-state index in [9.17, 15) is 4.79 Å². The summed E-state index contributed by atoms with van der Waals surface area (Å²) in [6, 6.07) is 29.6. The van der Waals surface area contributed by atoms with Crippen LogP contribution >= 0.6 is 15.9 Å². The summed E-state index contributed by atoms with van der Waals surface area (Å²) in [6.07, 6.45) is -2.36. The zero-order valence-corrected chi connectivity index (χ0v) is 21.8. The molecule has 36 heavy (non-hydrogen) atoms. The highest BCUT2D eigenvalue weighted by molar-refractivity contribution is 9.09. The van der Waals surface area contributed by atoms with Crippen molar-refractivity contribution in [2.24, 2.45) is 0 Å². The quantitative estimate of drug-likeness (QED) is 0.233. The molecular weight excluding hydrogens is 524 g/mol. The zero-order chi connectivity index (χ0) is 25.2. The van der Waals surface area contributed by atoms with Crippen molar-refractivity contribution in [2.75, 3.05) is 6.61 Å². The third-order valence-electron chi connectivity index (χ3n) is 5.84. The molecule has 3 aromatic rings. The second kappa shape index (κ2) is 13.7. The van der Waals surface area contributed by atoms with E-state index in [0.717, 1.165) is 16.7 Å². The molecular formula is C29H31BrO6. The molecule has 0 saturated carbocycles. The summed E-state index contributed by atoms with van der Waals surface area (Å²) in [5.41, 5.74) is 3.08. The van der Waals surface area contributed by atoms with Crippen LogP contribution in [0.2, 0.25) is 0 Å². The van der Waals surface area contributed by atoms with Gasteiger partial charge in [0.25, 0.3) is 0 Å². The molecule has 5 atom stereocenters. The number of alkyl halides is 1. The molecule has 0 unspecified atom stereocenters. The van der Waals surface area contributed by atoms with Crippen LogP contribution < -0.4 is 0 Å². The SMILES string of the molecule is CC(=O)O[C@H]1[C@H](OCc2ccccc2)[C@H](OCc2ccccc2)[C@@H](Br)O[C@@H]1COCc1ccccc1. The van der Waals surface area contributed by atoms with E-state index in [2.05, 4.69) is 15.9 Å². The van der Waals surface area contributed by atoms with Crippen molar-refractivity contribution in [2.45, 2.75) is 56.2 Å². The molecule has 0 N–H and O–H groups in total. The van der Waals surface area contributed by atoms with E-state index in [4.69, 9.17) is 23.7 Å². The lowest BCUT2D eigenvalue weighted by atomic mass is 9.99. The average Bonchev–Trinajstić information content (AvgIpc) is 2.90. The van der Waals surface area contributed by atoms with Gasteiger partial charge < -0.3 is 23.7 Å². The second-order valence-electron chi connectivity index (χ2n) is 8.62. The fourth-order valence-electron chi connectivity index (χ4n) is 4.10. The first kappa shape index (κ1) is 26.5. The molecule has 0 spiro atoms. The van der Waals surface area contributed by atoms with Crippen LogP contribution in [0.3, 0.4) is 0 Å².